The lowest BCUT2D eigenvalue weighted by Gasteiger charge is -2.15. The molecule has 2 amide bonds. The predicted octanol–water partition coefficient (Wildman–Crippen LogP) is 2.93. The van der Waals surface area contributed by atoms with Gasteiger partial charge in [-0.3, -0.25) is 9.59 Å². The molecule has 0 aliphatic carbocycles. The van der Waals surface area contributed by atoms with Crippen LogP contribution in [0.3, 0.4) is 0 Å². The summed E-state index contributed by atoms with van der Waals surface area (Å²) < 4.78 is 18.3. The highest BCUT2D eigenvalue weighted by Gasteiger charge is 2.15. The summed E-state index contributed by atoms with van der Waals surface area (Å²) in [5.41, 5.74) is 1.10. The zero-order valence-corrected chi connectivity index (χ0v) is 13.7. The molecule has 126 valence electrons. The maximum Gasteiger partial charge on any atom is 0.265 e. The first-order valence-corrected chi connectivity index (χ1v) is 7.41. The highest BCUT2D eigenvalue weighted by Crippen LogP contribution is 2.15. The van der Waals surface area contributed by atoms with Gasteiger partial charge in [-0.05, 0) is 55.5 Å². The monoisotopic (exact) mass is 330 g/mol. The minimum absolute atomic E-state index is 0.110. The number of nitrogens with zero attached hydrogens (tertiary/aromatic N) is 1. The average Bonchev–Trinajstić information content (AvgIpc) is 2.56. The van der Waals surface area contributed by atoms with Crippen molar-refractivity contribution in [1.29, 1.82) is 0 Å². The molecule has 0 saturated heterocycles. The standard InChI is InChI=1S/C18H19FN2O3/c1-12(24-16-10-6-14(19)7-11-16)17(22)20-15-8-4-13(5-9-15)18(23)21(2)3/h4-12H,1-3H3,(H,20,22)/t12-/m0/s1. The Bertz CT molecular complexity index is 712. The Hall–Kier alpha value is -2.89. The van der Waals surface area contributed by atoms with Crippen molar-refractivity contribution in [3.05, 3.63) is 59.9 Å². The number of amides is 2. The molecule has 2 aromatic carbocycles. The van der Waals surface area contributed by atoms with Crippen molar-refractivity contribution in [3.63, 3.8) is 0 Å². The molecule has 0 saturated carbocycles. The Labute approximate surface area is 140 Å². The normalized spacial score (nSPS) is 11.5. The molecule has 0 fully saturated rings. The molecule has 2 rings (SSSR count). The molecular formula is C18H19FN2O3. The van der Waals surface area contributed by atoms with Crippen molar-refractivity contribution >= 4 is 17.5 Å². The zero-order chi connectivity index (χ0) is 17.7. The largest absolute Gasteiger partial charge is 0.481 e. The second-order valence-corrected chi connectivity index (χ2v) is 5.48. The highest BCUT2D eigenvalue weighted by molar-refractivity contribution is 5.96. The second kappa shape index (κ2) is 7.59. The van der Waals surface area contributed by atoms with Gasteiger partial charge in [-0.15, -0.1) is 0 Å². The van der Waals surface area contributed by atoms with E-state index in [1.807, 2.05) is 0 Å². The van der Waals surface area contributed by atoms with Gasteiger partial charge < -0.3 is 15.0 Å². The van der Waals surface area contributed by atoms with E-state index < -0.39 is 6.10 Å². The summed E-state index contributed by atoms with van der Waals surface area (Å²) in [5.74, 6) is -0.412. The van der Waals surface area contributed by atoms with Crippen LogP contribution in [0.5, 0.6) is 5.75 Å². The van der Waals surface area contributed by atoms with Crippen molar-refractivity contribution in [2.24, 2.45) is 0 Å². The number of nitrogens with one attached hydrogen (secondary N) is 1. The van der Waals surface area contributed by atoms with Crippen molar-refractivity contribution in [2.75, 3.05) is 19.4 Å². The van der Waals surface area contributed by atoms with E-state index in [-0.39, 0.29) is 17.6 Å². The zero-order valence-electron chi connectivity index (χ0n) is 13.7. The topological polar surface area (TPSA) is 58.6 Å². The van der Waals surface area contributed by atoms with Crippen LogP contribution >= 0.6 is 0 Å². The fourth-order valence-electron chi connectivity index (χ4n) is 1.97. The maximum atomic E-state index is 12.8. The van der Waals surface area contributed by atoms with E-state index in [9.17, 15) is 14.0 Å². The van der Waals surface area contributed by atoms with Crippen LogP contribution in [0.4, 0.5) is 10.1 Å². The Morgan fingerprint density at radius 3 is 2.17 bits per heavy atom. The third-order valence-electron chi connectivity index (χ3n) is 3.30. The number of anilines is 1. The SMILES string of the molecule is C[C@H](Oc1ccc(F)cc1)C(=O)Nc1ccc(C(=O)N(C)C)cc1. The van der Waals surface area contributed by atoms with Crippen LogP contribution in [0.25, 0.3) is 0 Å². The van der Waals surface area contributed by atoms with E-state index in [1.165, 1.54) is 29.2 Å². The van der Waals surface area contributed by atoms with Crippen LogP contribution < -0.4 is 10.1 Å². The van der Waals surface area contributed by atoms with Crippen molar-refractivity contribution in [3.8, 4) is 5.75 Å². The van der Waals surface area contributed by atoms with E-state index in [4.69, 9.17) is 4.74 Å². The lowest BCUT2D eigenvalue weighted by atomic mass is 10.2. The summed E-state index contributed by atoms with van der Waals surface area (Å²) in [4.78, 5) is 25.4. The maximum absolute atomic E-state index is 12.8. The van der Waals surface area contributed by atoms with E-state index in [1.54, 1.807) is 45.3 Å². The lowest BCUT2D eigenvalue weighted by molar-refractivity contribution is -0.122. The van der Waals surface area contributed by atoms with Gasteiger partial charge in [-0.2, -0.15) is 0 Å². The summed E-state index contributed by atoms with van der Waals surface area (Å²) in [6.07, 6.45) is -0.751. The van der Waals surface area contributed by atoms with E-state index in [2.05, 4.69) is 5.32 Å². The third-order valence-corrected chi connectivity index (χ3v) is 3.30. The Morgan fingerprint density at radius 1 is 1.04 bits per heavy atom. The van der Waals surface area contributed by atoms with Crippen molar-refractivity contribution < 1.29 is 18.7 Å². The molecule has 0 spiro atoms. The number of carbonyl (C=O) groups is 2. The number of carbonyl (C=O) groups excluding carboxylic acids is 2. The van der Waals surface area contributed by atoms with Crippen LogP contribution in [0, 0.1) is 5.82 Å². The average molecular weight is 330 g/mol. The number of ether oxygens (including phenoxy) is 1. The van der Waals surface area contributed by atoms with Crippen LogP contribution in [-0.2, 0) is 4.79 Å². The number of rotatable bonds is 5. The molecule has 0 heterocycles. The summed E-state index contributed by atoms with van der Waals surface area (Å²) >= 11 is 0. The minimum Gasteiger partial charge on any atom is -0.481 e. The van der Waals surface area contributed by atoms with Gasteiger partial charge in [0.1, 0.15) is 11.6 Å². The molecule has 0 aromatic heterocycles. The lowest BCUT2D eigenvalue weighted by Crippen LogP contribution is -2.30. The fourth-order valence-corrected chi connectivity index (χ4v) is 1.97. The molecule has 2 aromatic rings. The quantitative estimate of drug-likeness (QED) is 0.917. The van der Waals surface area contributed by atoms with Crippen LogP contribution in [0.15, 0.2) is 48.5 Å². The van der Waals surface area contributed by atoms with Gasteiger partial charge in [-0.25, -0.2) is 4.39 Å². The van der Waals surface area contributed by atoms with Gasteiger partial charge in [-0.1, -0.05) is 0 Å². The first-order valence-electron chi connectivity index (χ1n) is 7.41. The first kappa shape index (κ1) is 17.5. The molecular weight excluding hydrogens is 311 g/mol. The van der Waals surface area contributed by atoms with Gasteiger partial charge >= 0.3 is 0 Å². The molecule has 0 bridgehead atoms. The molecule has 0 aliphatic rings. The molecule has 1 N–H and O–H groups in total. The molecule has 0 aliphatic heterocycles. The summed E-state index contributed by atoms with van der Waals surface area (Å²) in [7, 11) is 3.35. The third kappa shape index (κ3) is 4.55. The Morgan fingerprint density at radius 2 is 1.62 bits per heavy atom. The van der Waals surface area contributed by atoms with Gasteiger partial charge in [0.2, 0.25) is 0 Å². The molecule has 24 heavy (non-hydrogen) atoms. The molecule has 0 radical (unpaired) electrons. The molecule has 1 atom stereocenters. The number of hydrogen-bond donors (Lipinski definition) is 1. The van der Waals surface area contributed by atoms with Crippen molar-refractivity contribution in [2.45, 2.75) is 13.0 Å². The second-order valence-electron chi connectivity index (χ2n) is 5.48. The van der Waals surface area contributed by atoms with Gasteiger partial charge in [0.05, 0.1) is 0 Å². The van der Waals surface area contributed by atoms with Gasteiger partial charge in [0, 0.05) is 25.3 Å². The van der Waals surface area contributed by atoms with E-state index in [0.29, 0.717) is 17.0 Å². The van der Waals surface area contributed by atoms with E-state index >= 15 is 0 Å². The number of hydrogen-bond acceptors (Lipinski definition) is 3. The van der Waals surface area contributed by atoms with Crippen LogP contribution in [-0.4, -0.2) is 36.9 Å². The smallest absolute Gasteiger partial charge is 0.265 e. The van der Waals surface area contributed by atoms with Gasteiger partial charge in [0.25, 0.3) is 11.8 Å². The summed E-state index contributed by atoms with van der Waals surface area (Å²) in [6.45, 7) is 1.60. The number of halogens is 1. The first-order chi connectivity index (χ1) is 11.4. The molecule has 5 nitrogen and oxygen atoms in total. The van der Waals surface area contributed by atoms with Gasteiger partial charge in [0.15, 0.2) is 6.10 Å². The summed E-state index contributed by atoms with van der Waals surface area (Å²) in [6, 6.07) is 12.0. The highest BCUT2D eigenvalue weighted by atomic mass is 19.1. The molecule has 6 heteroatoms. The molecule has 0 unspecified atom stereocenters. The predicted molar refractivity (Wildman–Crippen MR) is 89.6 cm³/mol. The Balaban J connectivity index is 1.96. The van der Waals surface area contributed by atoms with Crippen LogP contribution in [0.1, 0.15) is 17.3 Å². The Kier molecular flexibility index (Phi) is 5.52. The summed E-state index contributed by atoms with van der Waals surface area (Å²) in [5, 5.41) is 2.71. The number of benzene rings is 2. The van der Waals surface area contributed by atoms with Crippen molar-refractivity contribution in [1.82, 2.24) is 4.90 Å². The minimum atomic E-state index is -0.751. The van der Waals surface area contributed by atoms with Crippen LogP contribution in [0.2, 0.25) is 0 Å². The van der Waals surface area contributed by atoms with E-state index in [0.717, 1.165) is 0 Å². The fraction of sp³-hybridized carbons (Fsp3) is 0.222.